The summed E-state index contributed by atoms with van der Waals surface area (Å²) in [5.41, 5.74) is 0.133. The van der Waals surface area contributed by atoms with E-state index >= 15 is 0 Å². The fourth-order valence-corrected chi connectivity index (χ4v) is 2.91. The Bertz CT molecular complexity index is 886. The molecule has 0 saturated heterocycles. The Morgan fingerprint density at radius 1 is 1.12 bits per heavy atom. The van der Waals surface area contributed by atoms with E-state index in [2.05, 4.69) is 10.6 Å². The van der Waals surface area contributed by atoms with E-state index in [1.54, 1.807) is 0 Å². The molecule has 0 fully saturated rings. The van der Waals surface area contributed by atoms with Gasteiger partial charge in [0.1, 0.15) is 11.6 Å². The van der Waals surface area contributed by atoms with Gasteiger partial charge in [0.25, 0.3) is 0 Å². The van der Waals surface area contributed by atoms with Gasteiger partial charge >= 0.3 is 0 Å². The predicted molar refractivity (Wildman–Crippen MR) is 90.8 cm³/mol. The summed E-state index contributed by atoms with van der Waals surface area (Å²) >= 11 is 0. The Hall–Kier alpha value is -2.52. The molecule has 0 heterocycles. The van der Waals surface area contributed by atoms with Crippen LogP contribution in [0.1, 0.15) is 0 Å². The van der Waals surface area contributed by atoms with Crippen molar-refractivity contribution in [1.82, 2.24) is 4.31 Å². The zero-order valence-electron chi connectivity index (χ0n) is 13.6. The molecule has 0 spiro atoms. The number of hydrogen-bond acceptors (Lipinski definition) is 4. The molecule has 0 radical (unpaired) electrons. The van der Waals surface area contributed by atoms with Gasteiger partial charge < -0.3 is 10.6 Å². The van der Waals surface area contributed by atoms with Gasteiger partial charge in [0, 0.05) is 19.8 Å². The topological polar surface area (TPSA) is 78.5 Å². The number of anilines is 2. The highest BCUT2D eigenvalue weighted by Crippen LogP contribution is 2.18. The summed E-state index contributed by atoms with van der Waals surface area (Å²) in [5, 5.41) is 4.98. The number of carbonyl (C=O) groups is 1. The van der Waals surface area contributed by atoms with Gasteiger partial charge in [-0.25, -0.2) is 21.5 Å². The third kappa shape index (κ3) is 4.74. The number of halogens is 2. The van der Waals surface area contributed by atoms with E-state index in [9.17, 15) is 22.0 Å². The minimum atomic E-state index is -3.63. The van der Waals surface area contributed by atoms with Crippen LogP contribution in [-0.4, -0.2) is 39.3 Å². The van der Waals surface area contributed by atoms with E-state index in [0.29, 0.717) is 0 Å². The number of nitrogens with zero attached hydrogens (tertiary/aromatic N) is 1. The van der Waals surface area contributed by atoms with Crippen LogP contribution in [0.4, 0.5) is 20.2 Å². The van der Waals surface area contributed by atoms with Gasteiger partial charge in [0.2, 0.25) is 15.9 Å². The second-order valence-corrected chi connectivity index (χ2v) is 7.49. The molecule has 0 aromatic heterocycles. The van der Waals surface area contributed by atoms with Crippen molar-refractivity contribution in [2.75, 3.05) is 31.3 Å². The number of sulfonamides is 1. The van der Waals surface area contributed by atoms with E-state index in [4.69, 9.17) is 0 Å². The van der Waals surface area contributed by atoms with Gasteiger partial charge in [-0.1, -0.05) is 6.07 Å². The van der Waals surface area contributed by atoms with Gasteiger partial charge in [-0.05, 0) is 36.4 Å². The van der Waals surface area contributed by atoms with E-state index < -0.39 is 27.6 Å². The summed E-state index contributed by atoms with van der Waals surface area (Å²) in [6.07, 6.45) is 0. The van der Waals surface area contributed by atoms with Gasteiger partial charge in [-0.3, -0.25) is 4.79 Å². The summed E-state index contributed by atoms with van der Waals surface area (Å²) < 4.78 is 51.8. The number of hydrogen-bond donors (Lipinski definition) is 2. The standard InChI is InChI=1S/C16H17F2N3O3S/c1-21(2)25(23,24)13-5-3-4-12(9-13)20-16(22)10-19-15-8-11(17)6-7-14(15)18/h3-9,19H,10H2,1-2H3,(H,20,22). The SMILES string of the molecule is CN(C)S(=O)(=O)c1cccc(NC(=O)CNc2cc(F)ccc2F)c1. The summed E-state index contributed by atoms with van der Waals surface area (Å²) in [6, 6.07) is 8.59. The normalized spacial score (nSPS) is 11.4. The number of nitrogens with one attached hydrogen (secondary N) is 2. The molecular weight excluding hydrogens is 352 g/mol. The Morgan fingerprint density at radius 2 is 1.84 bits per heavy atom. The van der Waals surface area contributed by atoms with E-state index in [-0.39, 0.29) is 22.8 Å². The largest absolute Gasteiger partial charge is 0.374 e. The fourth-order valence-electron chi connectivity index (χ4n) is 1.96. The molecule has 134 valence electrons. The van der Waals surface area contributed by atoms with Crippen LogP contribution < -0.4 is 10.6 Å². The second kappa shape index (κ2) is 7.58. The highest BCUT2D eigenvalue weighted by atomic mass is 32.2. The predicted octanol–water partition coefficient (Wildman–Crippen LogP) is 2.27. The molecule has 0 saturated carbocycles. The molecule has 0 aliphatic rings. The smallest absolute Gasteiger partial charge is 0.243 e. The highest BCUT2D eigenvalue weighted by Gasteiger charge is 2.17. The molecule has 0 unspecified atom stereocenters. The van der Waals surface area contributed by atoms with Crippen LogP contribution in [0, 0.1) is 11.6 Å². The number of carbonyl (C=O) groups excluding carboxylic acids is 1. The number of rotatable bonds is 6. The van der Waals surface area contributed by atoms with Crippen LogP contribution in [0.25, 0.3) is 0 Å². The number of amides is 1. The lowest BCUT2D eigenvalue weighted by atomic mass is 10.3. The lowest BCUT2D eigenvalue weighted by Crippen LogP contribution is -2.24. The van der Waals surface area contributed by atoms with E-state index in [1.165, 1.54) is 38.4 Å². The lowest BCUT2D eigenvalue weighted by Gasteiger charge is -2.13. The molecule has 6 nitrogen and oxygen atoms in total. The van der Waals surface area contributed by atoms with Gasteiger partial charge in [-0.15, -0.1) is 0 Å². The van der Waals surface area contributed by atoms with Crippen molar-refractivity contribution >= 4 is 27.3 Å². The molecule has 2 aromatic carbocycles. The van der Waals surface area contributed by atoms with Crippen molar-refractivity contribution < 1.29 is 22.0 Å². The molecule has 0 bridgehead atoms. The van der Waals surface area contributed by atoms with Crippen LogP contribution in [0.3, 0.4) is 0 Å². The summed E-state index contributed by atoms with van der Waals surface area (Å²) in [5.74, 6) is -1.86. The van der Waals surface area contributed by atoms with Gasteiger partial charge in [0.05, 0.1) is 17.1 Å². The van der Waals surface area contributed by atoms with Crippen molar-refractivity contribution in [2.24, 2.45) is 0 Å². The van der Waals surface area contributed by atoms with Crippen LogP contribution in [0.2, 0.25) is 0 Å². The Labute approximate surface area is 144 Å². The molecule has 2 aromatic rings. The zero-order valence-corrected chi connectivity index (χ0v) is 14.4. The van der Waals surface area contributed by atoms with Crippen LogP contribution in [0.15, 0.2) is 47.4 Å². The molecule has 0 aliphatic heterocycles. The Kier molecular flexibility index (Phi) is 5.70. The zero-order chi connectivity index (χ0) is 18.6. The summed E-state index contributed by atoms with van der Waals surface area (Å²) in [6.45, 7) is -0.314. The Morgan fingerprint density at radius 3 is 2.52 bits per heavy atom. The third-order valence-corrected chi connectivity index (χ3v) is 5.08. The maximum atomic E-state index is 13.5. The maximum absolute atomic E-state index is 13.5. The monoisotopic (exact) mass is 369 g/mol. The average molecular weight is 369 g/mol. The molecule has 9 heteroatoms. The summed E-state index contributed by atoms with van der Waals surface area (Å²) in [4.78, 5) is 12.0. The molecule has 0 atom stereocenters. The minimum absolute atomic E-state index is 0.0273. The Balaban J connectivity index is 2.05. The quantitative estimate of drug-likeness (QED) is 0.819. The van der Waals surface area contributed by atoms with E-state index in [1.807, 2.05) is 0 Å². The average Bonchev–Trinajstić information content (AvgIpc) is 2.55. The van der Waals surface area contributed by atoms with Gasteiger partial charge in [0.15, 0.2) is 0 Å². The molecule has 25 heavy (non-hydrogen) atoms. The third-order valence-electron chi connectivity index (χ3n) is 3.26. The lowest BCUT2D eigenvalue weighted by molar-refractivity contribution is -0.114. The first-order chi connectivity index (χ1) is 11.7. The molecule has 2 N–H and O–H groups in total. The van der Waals surface area contributed by atoms with Crippen molar-refractivity contribution in [3.05, 3.63) is 54.1 Å². The van der Waals surface area contributed by atoms with Crippen LogP contribution >= 0.6 is 0 Å². The van der Waals surface area contributed by atoms with Crippen LogP contribution in [-0.2, 0) is 14.8 Å². The van der Waals surface area contributed by atoms with Crippen molar-refractivity contribution in [2.45, 2.75) is 4.90 Å². The highest BCUT2D eigenvalue weighted by molar-refractivity contribution is 7.89. The molecule has 1 amide bonds. The van der Waals surface area contributed by atoms with Crippen LogP contribution in [0.5, 0.6) is 0 Å². The fraction of sp³-hybridized carbons (Fsp3) is 0.188. The van der Waals surface area contributed by atoms with Gasteiger partial charge in [-0.2, -0.15) is 0 Å². The van der Waals surface area contributed by atoms with Crippen molar-refractivity contribution in [3.8, 4) is 0 Å². The van der Waals surface area contributed by atoms with Crippen molar-refractivity contribution in [1.29, 1.82) is 0 Å². The summed E-state index contributed by atoms with van der Waals surface area (Å²) in [7, 11) is -0.824. The molecular formula is C16H17F2N3O3S. The molecule has 2 rings (SSSR count). The second-order valence-electron chi connectivity index (χ2n) is 5.34. The number of benzene rings is 2. The first-order valence-corrected chi connectivity index (χ1v) is 8.65. The first kappa shape index (κ1) is 18.8. The van der Waals surface area contributed by atoms with Crippen molar-refractivity contribution in [3.63, 3.8) is 0 Å². The molecule has 0 aliphatic carbocycles. The minimum Gasteiger partial charge on any atom is -0.374 e. The van der Waals surface area contributed by atoms with E-state index in [0.717, 1.165) is 22.5 Å². The first-order valence-electron chi connectivity index (χ1n) is 7.21. The maximum Gasteiger partial charge on any atom is 0.243 e.